The first-order chi connectivity index (χ1) is 12.5. The quantitative estimate of drug-likeness (QED) is 0.714. The van der Waals surface area contributed by atoms with Crippen LogP contribution in [0.25, 0.3) is 11.0 Å². The van der Waals surface area contributed by atoms with Gasteiger partial charge in [-0.3, -0.25) is 4.68 Å². The highest BCUT2D eigenvalue weighted by molar-refractivity contribution is 5.91. The molecule has 0 aliphatic carbocycles. The van der Waals surface area contributed by atoms with Crippen LogP contribution in [0.5, 0.6) is 0 Å². The van der Waals surface area contributed by atoms with Gasteiger partial charge in [-0.1, -0.05) is 0 Å². The lowest BCUT2D eigenvalue weighted by atomic mass is 10.1. The Hall–Kier alpha value is -2.77. The largest absolute Gasteiger partial charge is 0.372 e. The minimum Gasteiger partial charge on any atom is -0.372 e. The zero-order chi connectivity index (χ0) is 18.3. The Morgan fingerprint density at radius 1 is 1.27 bits per heavy atom. The van der Waals surface area contributed by atoms with Gasteiger partial charge in [0.1, 0.15) is 18.3 Å². The van der Waals surface area contributed by atoms with E-state index in [2.05, 4.69) is 25.0 Å². The highest BCUT2D eigenvalue weighted by Gasteiger charge is 2.34. The molecule has 0 unspecified atom stereocenters. The fourth-order valence-electron chi connectivity index (χ4n) is 3.86. The normalized spacial score (nSPS) is 20.1. The van der Waals surface area contributed by atoms with Crippen LogP contribution in [-0.4, -0.2) is 57.1 Å². The molecule has 4 heterocycles. The van der Waals surface area contributed by atoms with Crippen LogP contribution in [0, 0.1) is 6.92 Å². The average molecular weight is 355 g/mol. The molecule has 0 saturated carbocycles. The van der Waals surface area contributed by atoms with Crippen molar-refractivity contribution in [3.05, 3.63) is 36.5 Å². The third-order valence-electron chi connectivity index (χ3n) is 5.00. The van der Waals surface area contributed by atoms with E-state index in [1.165, 1.54) is 6.33 Å². The van der Waals surface area contributed by atoms with Crippen molar-refractivity contribution < 1.29 is 4.39 Å². The Kier molecular flexibility index (Phi) is 4.18. The highest BCUT2D eigenvalue weighted by Crippen LogP contribution is 2.30. The van der Waals surface area contributed by atoms with E-state index < -0.39 is 6.17 Å². The smallest absolute Gasteiger partial charge is 0.159 e. The van der Waals surface area contributed by atoms with Crippen molar-refractivity contribution in [3.63, 3.8) is 0 Å². The second kappa shape index (κ2) is 6.51. The van der Waals surface area contributed by atoms with Crippen LogP contribution in [-0.2, 0) is 7.05 Å². The number of aryl methyl sites for hydroxylation is 2. The van der Waals surface area contributed by atoms with Gasteiger partial charge in [0.05, 0.1) is 29.4 Å². The van der Waals surface area contributed by atoms with Crippen LogP contribution < -0.4 is 9.80 Å². The first-order valence-electron chi connectivity index (χ1n) is 8.70. The Balaban J connectivity index is 1.62. The fraction of sp³-hybridized carbons (Fsp3) is 0.444. The Morgan fingerprint density at radius 2 is 2.12 bits per heavy atom. The SMILES string of the molecule is Cc1nn(C)c2nccc(N(C)C[C@@H]3C[C@H](F)CN3c3ccncn3)c12. The van der Waals surface area contributed by atoms with E-state index in [1.54, 1.807) is 17.1 Å². The third-order valence-corrected chi connectivity index (χ3v) is 5.00. The topological polar surface area (TPSA) is 63.0 Å². The number of nitrogens with zero attached hydrogens (tertiary/aromatic N) is 7. The lowest BCUT2D eigenvalue weighted by molar-refractivity contribution is 0.356. The zero-order valence-corrected chi connectivity index (χ0v) is 15.2. The molecule has 4 rings (SSSR count). The molecule has 3 aromatic rings. The second-order valence-corrected chi connectivity index (χ2v) is 6.82. The number of aromatic nitrogens is 5. The highest BCUT2D eigenvalue weighted by atomic mass is 19.1. The van der Waals surface area contributed by atoms with Crippen LogP contribution >= 0.6 is 0 Å². The van der Waals surface area contributed by atoms with E-state index in [9.17, 15) is 4.39 Å². The monoisotopic (exact) mass is 355 g/mol. The van der Waals surface area contributed by atoms with Crippen molar-refractivity contribution in [2.75, 3.05) is 29.9 Å². The third kappa shape index (κ3) is 2.85. The molecular formula is C18H22FN7. The first kappa shape index (κ1) is 16.7. The maximum Gasteiger partial charge on any atom is 0.159 e. The maximum absolute atomic E-state index is 14.2. The van der Waals surface area contributed by atoms with Gasteiger partial charge in [-0.2, -0.15) is 5.10 Å². The zero-order valence-electron chi connectivity index (χ0n) is 15.2. The van der Waals surface area contributed by atoms with Crippen LogP contribution in [0.1, 0.15) is 12.1 Å². The molecule has 7 nitrogen and oxygen atoms in total. The van der Waals surface area contributed by atoms with Gasteiger partial charge < -0.3 is 9.80 Å². The number of anilines is 2. The summed E-state index contributed by atoms with van der Waals surface area (Å²) in [6.45, 7) is 3.05. The van der Waals surface area contributed by atoms with Gasteiger partial charge in [-0.15, -0.1) is 0 Å². The molecule has 0 radical (unpaired) electrons. The molecule has 2 atom stereocenters. The van der Waals surface area contributed by atoms with Crippen molar-refractivity contribution in [1.29, 1.82) is 0 Å². The van der Waals surface area contributed by atoms with Gasteiger partial charge in [-0.05, 0) is 19.1 Å². The van der Waals surface area contributed by atoms with Gasteiger partial charge >= 0.3 is 0 Å². The predicted molar refractivity (Wildman–Crippen MR) is 99.2 cm³/mol. The molecule has 8 heteroatoms. The van der Waals surface area contributed by atoms with Crippen LogP contribution in [0.2, 0.25) is 0 Å². The molecule has 1 aliphatic rings. The first-order valence-corrected chi connectivity index (χ1v) is 8.70. The minimum absolute atomic E-state index is 0.0464. The average Bonchev–Trinajstić information content (AvgIpc) is 3.15. The molecule has 1 fully saturated rings. The number of fused-ring (bicyclic) bond motifs is 1. The van der Waals surface area contributed by atoms with Gasteiger partial charge in [-0.25, -0.2) is 19.3 Å². The molecule has 1 saturated heterocycles. The van der Waals surface area contributed by atoms with Crippen molar-refractivity contribution >= 4 is 22.5 Å². The van der Waals surface area contributed by atoms with E-state index in [0.29, 0.717) is 19.5 Å². The van der Waals surface area contributed by atoms with E-state index in [1.807, 2.05) is 38.1 Å². The van der Waals surface area contributed by atoms with Gasteiger partial charge in [0, 0.05) is 39.5 Å². The summed E-state index contributed by atoms with van der Waals surface area (Å²) in [5.41, 5.74) is 2.86. The van der Waals surface area contributed by atoms with E-state index in [4.69, 9.17) is 0 Å². The summed E-state index contributed by atoms with van der Waals surface area (Å²) in [6.07, 6.45) is 4.65. The molecular weight excluding hydrogens is 333 g/mol. The number of alkyl halides is 1. The molecule has 0 aromatic carbocycles. The van der Waals surface area contributed by atoms with Crippen molar-refractivity contribution in [1.82, 2.24) is 24.7 Å². The number of hydrogen-bond donors (Lipinski definition) is 0. The molecule has 0 amide bonds. The Morgan fingerprint density at radius 3 is 2.88 bits per heavy atom. The van der Waals surface area contributed by atoms with Gasteiger partial charge in [0.25, 0.3) is 0 Å². The number of rotatable bonds is 4. The summed E-state index contributed by atoms with van der Waals surface area (Å²) in [5, 5.41) is 5.52. The summed E-state index contributed by atoms with van der Waals surface area (Å²) in [7, 11) is 3.93. The Bertz CT molecular complexity index is 911. The van der Waals surface area contributed by atoms with Crippen molar-refractivity contribution in [2.45, 2.75) is 25.6 Å². The van der Waals surface area contributed by atoms with Crippen molar-refractivity contribution in [3.8, 4) is 0 Å². The fourth-order valence-corrected chi connectivity index (χ4v) is 3.86. The Labute approximate surface area is 151 Å². The number of hydrogen-bond acceptors (Lipinski definition) is 6. The summed E-state index contributed by atoms with van der Waals surface area (Å²) in [6, 6.07) is 3.87. The molecule has 0 bridgehead atoms. The predicted octanol–water partition coefficient (Wildman–Crippen LogP) is 2.12. The summed E-state index contributed by atoms with van der Waals surface area (Å²) in [5.74, 6) is 0.774. The second-order valence-electron chi connectivity index (χ2n) is 6.82. The molecule has 0 spiro atoms. The summed E-state index contributed by atoms with van der Waals surface area (Å²) in [4.78, 5) is 16.9. The van der Waals surface area contributed by atoms with Crippen LogP contribution in [0.4, 0.5) is 15.9 Å². The minimum atomic E-state index is -0.846. The van der Waals surface area contributed by atoms with Gasteiger partial charge in [0.15, 0.2) is 5.65 Å². The number of pyridine rings is 1. The molecule has 1 aliphatic heterocycles. The van der Waals surface area contributed by atoms with E-state index in [-0.39, 0.29) is 6.04 Å². The van der Waals surface area contributed by atoms with Crippen molar-refractivity contribution in [2.24, 2.45) is 7.05 Å². The molecule has 26 heavy (non-hydrogen) atoms. The number of likely N-dealkylation sites (N-methyl/N-ethyl adjacent to an activating group) is 1. The summed E-state index contributed by atoms with van der Waals surface area (Å²) >= 11 is 0. The molecule has 136 valence electrons. The van der Waals surface area contributed by atoms with Gasteiger partial charge in [0.2, 0.25) is 0 Å². The molecule has 0 N–H and O–H groups in total. The maximum atomic E-state index is 14.2. The van der Waals surface area contributed by atoms with E-state index >= 15 is 0 Å². The molecule has 3 aromatic heterocycles. The number of halogens is 1. The lowest BCUT2D eigenvalue weighted by Gasteiger charge is -2.30. The van der Waals surface area contributed by atoms with E-state index in [0.717, 1.165) is 28.2 Å². The standard InChI is InChI=1S/C18H22FN7/c1-12-17-15(4-7-21-18(17)25(3)23-12)24(2)10-14-8-13(19)9-26(14)16-5-6-20-11-22-16/h4-7,11,13-14H,8-10H2,1-3H3/t13-,14-/m0/s1. The summed E-state index contributed by atoms with van der Waals surface area (Å²) < 4.78 is 15.9. The lowest BCUT2D eigenvalue weighted by Crippen LogP contribution is -2.39. The van der Waals surface area contributed by atoms with Crippen LogP contribution in [0.15, 0.2) is 30.9 Å². The van der Waals surface area contributed by atoms with Crippen LogP contribution in [0.3, 0.4) is 0 Å².